The first kappa shape index (κ1) is 5.21. The monoisotopic (exact) mass is 84.1 g/mol. The van der Waals surface area contributed by atoms with Crippen molar-refractivity contribution in [3.05, 3.63) is 12.8 Å². The van der Waals surface area contributed by atoms with Crippen LogP contribution in [0.25, 0.3) is 0 Å². The van der Waals surface area contributed by atoms with Crippen molar-refractivity contribution in [1.29, 1.82) is 0 Å². The molecule has 0 aromatic heterocycles. The summed E-state index contributed by atoms with van der Waals surface area (Å²) >= 11 is 0. The molecule has 0 bridgehead atoms. The molecule has 2 nitrogen and oxygen atoms in total. The van der Waals surface area contributed by atoms with E-state index in [0.29, 0.717) is 0 Å². The topological polar surface area (TPSA) is 24.4 Å². The molecule has 0 heterocycles. The Hall–Kier alpha value is -0.790. The number of nitrogens with zero attached hydrogens (tertiary/aromatic N) is 1. The van der Waals surface area contributed by atoms with Gasteiger partial charge in [0.05, 0.1) is 0 Å². The number of nitrogens with one attached hydrogen (secondary N) is 1. The van der Waals surface area contributed by atoms with Gasteiger partial charge in [0.1, 0.15) is 0 Å². The summed E-state index contributed by atoms with van der Waals surface area (Å²) in [6, 6.07) is 0. The lowest BCUT2D eigenvalue weighted by Gasteiger charge is -1.79. The van der Waals surface area contributed by atoms with Crippen molar-refractivity contribution in [2.75, 3.05) is 0 Å². The van der Waals surface area contributed by atoms with E-state index in [0.717, 1.165) is 0 Å². The normalized spacial score (nSPS) is 8.83. The zero-order valence-electron chi connectivity index (χ0n) is 3.81. The molecule has 0 atom stereocenters. The lowest BCUT2D eigenvalue weighted by Crippen LogP contribution is -1.88. The van der Waals surface area contributed by atoms with Crippen molar-refractivity contribution in [1.82, 2.24) is 5.43 Å². The molecule has 0 aliphatic carbocycles. The zero-order valence-corrected chi connectivity index (χ0v) is 3.81. The molecule has 6 heavy (non-hydrogen) atoms. The van der Waals surface area contributed by atoms with Gasteiger partial charge in [-0.1, -0.05) is 6.58 Å². The van der Waals surface area contributed by atoms with Crippen LogP contribution in [0.1, 0.15) is 6.92 Å². The maximum absolute atomic E-state index is 3.60. The first-order valence-electron chi connectivity index (χ1n) is 1.76. The summed E-state index contributed by atoms with van der Waals surface area (Å²) in [5, 5.41) is 3.60. The van der Waals surface area contributed by atoms with Crippen LogP contribution in [0.4, 0.5) is 0 Å². The van der Waals surface area contributed by atoms with Crippen molar-refractivity contribution in [3.63, 3.8) is 0 Å². The van der Waals surface area contributed by atoms with E-state index >= 15 is 0 Å². The Labute approximate surface area is 37.6 Å². The third-order valence-corrected chi connectivity index (χ3v) is 0.295. The molecule has 0 radical (unpaired) electrons. The maximum atomic E-state index is 3.60. The van der Waals surface area contributed by atoms with Crippen LogP contribution in [0, 0.1) is 0 Å². The number of hydrogen-bond donors (Lipinski definition) is 1. The van der Waals surface area contributed by atoms with E-state index in [4.69, 9.17) is 0 Å². The third-order valence-electron chi connectivity index (χ3n) is 0.295. The number of rotatable bonds is 2. The lowest BCUT2D eigenvalue weighted by molar-refractivity contribution is 0.978. The van der Waals surface area contributed by atoms with Crippen LogP contribution in [-0.2, 0) is 0 Å². The first-order valence-corrected chi connectivity index (χ1v) is 1.76. The van der Waals surface area contributed by atoms with Crippen LogP contribution >= 0.6 is 0 Å². The first-order chi connectivity index (χ1) is 2.91. The summed E-state index contributed by atoms with van der Waals surface area (Å²) < 4.78 is 0. The Kier molecular flexibility index (Phi) is 3.66. The fourth-order valence-corrected chi connectivity index (χ4v) is 0.127. The Balaban J connectivity index is 2.85. The van der Waals surface area contributed by atoms with E-state index in [-0.39, 0.29) is 0 Å². The minimum atomic E-state index is 1.51. The summed E-state index contributed by atoms with van der Waals surface area (Å²) in [4.78, 5) is 0. The molecule has 0 aromatic rings. The molecule has 0 saturated carbocycles. The molecule has 0 aliphatic heterocycles. The van der Waals surface area contributed by atoms with Gasteiger partial charge in [0, 0.05) is 12.4 Å². The van der Waals surface area contributed by atoms with Crippen LogP contribution < -0.4 is 5.43 Å². The maximum Gasteiger partial charge on any atom is 0.0215 e. The largest absolute Gasteiger partial charge is 0.287 e. The van der Waals surface area contributed by atoms with Crippen molar-refractivity contribution in [2.45, 2.75) is 6.92 Å². The fourth-order valence-electron chi connectivity index (χ4n) is 0.127. The number of hydrazone groups is 1. The van der Waals surface area contributed by atoms with E-state index in [1.165, 1.54) is 6.20 Å². The molecule has 0 fully saturated rings. The van der Waals surface area contributed by atoms with Gasteiger partial charge in [-0.25, -0.2) is 0 Å². The van der Waals surface area contributed by atoms with Crippen molar-refractivity contribution < 1.29 is 0 Å². The van der Waals surface area contributed by atoms with E-state index < -0.39 is 0 Å². The van der Waals surface area contributed by atoms with Crippen LogP contribution in [-0.4, -0.2) is 6.21 Å². The Morgan fingerprint density at radius 3 is 2.67 bits per heavy atom. The molecule has 0 unspecified atom stereocenters. The molecule has 0 spiro atoms. The van der Waals surface area contributed by atoms with Gasteiger partial charge in [0.25, 0.3) is 0 Å². The minimum Gasteiger partial charge on any atom is -0.287 e. The molecular weight excluding hydrogens is 76.1 g/mol. The van der Waals surface area contributed by atoms with Gasteiger partial charge < -0.3 is 0 Å². The standard InChI is InChI=1S/C4H8N2/c1-3-5-6-4-2/h3-5H,1H2,2H3/b6-4-. The lowest BCUT2D eigenvalue weighted by atomic mass is 10.9. The van der Waals surface area contributed by atoms with Gasteiger partial charge in [-0.15, -0.1) is 0 Å². The van der Waals surface area contributed by atoms with Gasteiger partial charge in [0.15, 0.2) is 0 Å². The summed E-state index contributed by atoms with van der Waals surface area (Å²) in [6.45, 7) is 5.20. The highest BCUT2D eigenvalue weighted by molar-refractivity contribution is 5.52. The second-order valence-electron chi connectivity index (χ2n) is 0.721. The highest BCUT2D eigenvalue weighted by atomic mass is 15.3. The second kappa shape index (κ2) is 4.21. The Bertz CT molecular complexity index is 56.6. The van der Waals surface area contributed by atoms with E-state index in [2.05, 4.69) is 17.1 Å². The van der Waals surface area contributed by atoms with Crippen LogP contribution in [0.5, 0.6) is 0 Å². The van der Waals surface area contributed by atoms with Gasteiger partial charge in [0.2, 0.25) is 0 Å². The van der Waals surface area contributed by atoms with Gasteiger partial charge in [-0.2, -0.15) is 5.10 Å². The SMILES string of the molecule is C=CN/N=C\C. The summed E-state index contributed by atoms with van der Waals surface area (Å²) in [5.41, 5.74) is 2.53. The van der Waals surface area contributed by atoms with Gasteiger partial charge in [-0.05, 0) is 6.92 Å². The quantitative estimate of drug-likeness (QED) is 0.387. The van der Waals surface area contributed by atoms with Crippen LogP contribution in [0.3, 0.4) is 0 Å². The average Bonchev–Trinajstić information content (AvgIpc) is 1.61. The van der Waals surface area contributed by atoms with E-state index in [9.17, 15) is 0 Å². The molecule has 34 valence electrons. The Morgan fingerprint density at radius 2 is 2.50 bits per heavy atom. The summed E-state index contributed by atoms with van der Waals surface area (Å²) in [7, 11) is 0. The second-order valence-corrected chi connectivity index (χ2v) is 0.721. The predicted octanol–water partition coefficient (Wildman–Crippen LogP) is 0.725. The smallest absolute Gasteiger partial charge is 0.0215 e. The molecule has 0 amide bonds. The minimum absolute atomic E-state index is 1.51. The molecule has 0 aromatic carbocycles. The van der Waals surface area contributed by atoms with Crippen molar-refractivity contribution >= 4 is 6.21 Å². The fraction of sp³-hybridized carbons (Fsp3) is 0.250. The molecule has 0 saturated heterocycles. The highest BCUT2D eigenvalue weighted by Gasteiger charge is 1.50. The van der Waals surface area contributed by atoms with E-state index in [1.807, 2.05) is 6.92 Å². The van der Waals surface area contributed by atoms with Crippen molar-refractivity contribution in [3.8, 4) is 0 Å². The summed E-state index contributed by atoms with van der Waals surface area (Å²) in [6.07, 6.45) is 3.17. The zero-order chi connectivity index (χ0) is 4.83. The molecule has 0 rings (SSSR count). The van der Waals surface area contributed by atoms with Crippen LogP contribution in [0.15, 0.2) is 17.9 Å². The van der Waals surface area contributed by atoms with Crippen molar-refractivity contribution in [2.24, 2.45) is 5.10 Å². The number of hydrogen-bond acceptors (Lipinski definition) is 2. The third kappa shape index (κ3) is 3.21. The molecular formula is C4H8N2. The van der Waals surface area contributed by atoms with E-state index in [1.54, 1.807) is 6.21 Å². The molecule has 1 N–H and O–H groups in total. The van der Waals surface area contributed by atoms with Gasteiger partial charge >= 0.3 is 0 Å². The molecule has 0 aliphatic rings. The van der Waals surface area contributed by atoms with Gasteiger partial charge in [-0.3, -0.25) is 5.43 Å². The van der Waals surface area contributed by atoms with Crippen LogP contribution in [0.2, 0.25) is 0 Å². The Morgan fingerprint density at radius 1 is 1.83 bits per heavy atom. The highest BCUT2D eigenvalue weighted by Crippen LogP contribution is 1.51. The average molecular weight is 84.1 g/mol. The summed E-state index contributed by atoms with van der Waals surface area (Å²) in [5.74, 6) is 0. The predicted molar refractivity (Wildman–Crippen MR) is 27.5 cm³/mol. The molecule has 2 heteroatoms.